The number of hydrogen-bond acceptors (Lipinski definition) is 12. The number of nitrogens with zero attached hydrogens (tertiary/aromatic N) is 14. The Morgan fingerprint density at radius 2 is 0.895 bits per heavy atom. The van der Waals surface area contributed by atoms with Gasteiger partial charge in [-0.3, -0.25) is 20.2 Å². The molecule has 8 aromatic carbocycles. The molecule has 0 atom stereocenters. The van der Waals surface area contributed by atoms with Crippen molar-refractivity contribution in [3.63, 3.8) is 0 Å². The molecule has 0 spiro atoms. The molecule has 12 rings (SSSR count). The number of para-hydroxylation sites is 3. The van der Waals surface area contributed by atoms with Crippen LogP contribution in [0.4, 0.5) is 11.4 Å². The average Bonchev–Trinajstić information content (AvgIpc) is 4.17. The first kappa shape index (κ1) is 51.4. The fraction of sp³-hybridized carbons (Fsp3) is 0.0400. The standard InChI is InChI=1S/2C13H9ClN4O3.2C12H8ClN3O/c1-8-2-4-10(5-3-8)16-15-13-11(17(16)19)6-9(14)7-12(13)18(20)21;1-8-2-4-9(5-3-8)16-15-11-6-10(14)12(18(20)21)7-13(11)17(16)19;13-9-5-1-3-7-11(9)15-14-10-6-2-4-8-12(10)16(15)17;13-9-4-3-5-10(8-9)15-14-11-6-1-2-7-12(11)16(15)17/h2*2-7H,1H3;2*1-8H. The Labute approximate surface area is 447 Å². The molecule has 0 bridgehead atoms. The number of nitro benzene ring substituents is 2. The molecule has 0 aliphatic rings. The summed E-state index contributed by atoms with van der Waals surface area (Å²) in [7, 11) is 0. The maximum absolute atomic E-state index is 12.3. The van der Waals surface area contributed by atoms with Crippen LogP contribution in [0.3, 0.4) is 0 Å². The van der Waals surface area contributed by atoms with Gasteiger partial charge in [-0.2, -0.15) is 0 Å². The summed E-state index contributed by atoms with van der Waals surface area (Å²) in [5.74, 6) is 0. The van der Waals surface area contributed by atoms with E-state index in [0.717, 1.165) is 36.5 Å². The maximum Gasteiger partial charge on any atom is 0.328 e. The number of rotatable bonds is 6. The van der Waals surface area contributed by atoms with Crippen LogP contribution in [0.15, 0.2) is 170 Å². The van der Waals surface area contributed by atoms with E-state index < -0.39 is 9.85 Å². The van der Waals surface area contributed by atoms with Gasteiger partial charge in [-0.15, -0.1) is 19.4 Å². The highest BCUT2D eigenvalue weighted by molar-refractivity contribution is 6.33. The molecule has 0 unspecified atom stereocenters. The second-order valence-corrected chi connectivity index (χ2v) is 18.0. The first-order valence-corrected chi connectivity index (χ1v) is 23.7. The summed E-state index contributed by atoms with van der Waals surface area (Å²) in [6.07, 6.45) is 0. The van der Waals surface area contributed by atoms with E-state index in [1.54, 1.807) is 97.1 Å². The Kier molecular flexibility index (Phi) is 14.6. The molecule has 0 saturated heterocycles. The van der Waals surface area contributed by atoms with Crippen LogP contribution in [-0.4, -0.2) is 49.4 Å². The number of aryl methyl sites for hydroxylation is 2. The molecule has 0 N–H and O–H groups in total. The molecule has 0 saturated carbocycles. The third kappa shape index (κ3) is 10.5. The molecule has 26 heteroatoms. The van der Waals surface area contributed by atoms with Gasteiger partial charge in [0.15, 0.2) is 0 Å². The lowest BCUT2D eigenvalue weighted by atomic mass is 10.2. The topological polar surface area (TPSA) is 265 Å². The number of fused-ring (bicyclic) bond motifs is 4. The van der Waals surface area contributed by atoms with Gasteiger partial charge in [0.2, 0.25) is 33.1 Å². The van der Waals surface area contributed by atoms with Crippen LogP contribution in [0.25, 0.3) is 66.9 Å². The second-order valence-electron chi connectivity index (χ2n) is 16.3. The largest absolute Gasteiger partial charge is 0.692 e. The lowest BCUT2D eigenvalue weighted by molar-refractivity contribution is -0.664. The summed E-state index contributed by atoms with van der Waals surface area (Å²) in [5, 5.41) is 88.3. The molecule has 0 fully saturated rings. The SMILES string of the molecule is Cc1ccc(-n2nc3c([N+](=O)[O-])cc(Cl)cc3[n+]2[O-])cc1.Cc1ccc(-n2nc3cc(Cl)c([N+](=O)[O-])cc3[n+]2[O-])cc1.[O-][n+]1c2ccccc2nn1-c1cccc(Cl)c1.[O-][n+]1c2ccccc2nn1-c1ccccc1Cl. The van der Waals surface area contributed by atoms with E-state index in [1.807, 2.05) is 62.4 Å². The van der Waals surface area contributed by atoms with Crippen molar-refractivity contribution in [3.8, 4) is 22.7 Å². The van der Waals surface area contributed by atoms with Gasteiger partial charge in [0, 0.05) is 23.2 Å². The van der Waals surface area contributed by atoms with Crippen molar-refractivity contribution in [1.29, 1.82) is 0 Å². The highest BCUT2D eigenvalue weighted by Gasteiger charge is 2.28. The minimum absolute atomic E-state index is 0.0000231. The quantitative estimate of drug-likeness (QED) is 0.0652. The minimum Gasteiger partial charge on any atom is -0.692 e. The number of hydrogen-bond donors (Lipinski definition) is 0. The Morgan fingerprint density at radius 3 is 1.46 bits per heavy atom. The first-order valence-electron chi connectivity index (χ1n) is 22.2. The number of benzene rings is 8. The van der Waals surface area contributed by atoms with Crippen LogP contribution in [0.2, 0.25) is 20.1 Å². The van der Waals surface area contributed by atoms with Gasteiger partial charge in [0.25, 0.3) is 11.2 Å². The molecule has 76 heavy (non-hydrogen) atoms. The van der Waals surface area contributed by atoms with Crippen molar-refractivity contribution in [3.05, 3.63) is 242 Å². The molecule has 4 heterocycles. The van der Waals surface area contributed by atoms with Gasteiger partial charge in [0.05, 0.1) is 46.4 Å². The van der Waals surface area contributed by atoms with Crippen molar-refractivity contribution in [1.82, 2.24) is 39.6 Å². The monoisotopic (exact) mass is 1100 g/mol. The van der Waals surface area contributed by atoms with Gasteiger partial charge in [0.1, 0.15) is 27.8 Å². The van der Waals surface area contributed by atoms with Crippen molar-refractivity contribution < 1.29 is 29.2 Å². The number of halogens is 4. The number of aromatic nitrogens is 12. The molecular formula is C50H34Cl4N14O8. The summed E-state index contributed by atoms with van der Waals surface area (Å²) < 4.78 is 0. The molecule has 12 aromatic rings. The highest BCUT2D eigenvalue weighted by atomic mass is 35.5. The van der Waals surface area contributed by atoms with Gasteiger partial charge in [-0.05, 0) is 112 Å². The van der Waals surface area contributed by atoms with Gasteiger partial charge in [-0.1, -0.05) is 124 Å². The molecule has 22 nitrogen and oxygen atoms in total. The van der Waals surface area contributed by atoms with E-state index >= 15 is 0 Å². The van der Waals surface area contributed by atoms with Gasteiger partial charge >= 0.3 is 11.2 Å². The van der Waals surface area contributed by atoms with Crippen molar-refractivity contribution in [2.45, 2.75) is 13.8 Å². The smallest absolute Gasteiger partial charge is 0.328 e. The Balaban J connectivity index is 0.000000124. The summed E-state index contributed by atoms with van der Waals surface area (Å²) in [4.78, 5) is 27.9. The third-order valence-corrected chi connectivity index (χ3v) is 12.3. The molecular weight excluding hydrogens is 1070 g/mol. The van der Waals surface area contributed by atoms with Crippen molar-refractivity contribution in [2.75, 3.05) is 0 Å². The van der Waals surface area contributed by atoms with E-state index in [-0.39, 0.29) is 38.0 Å². The van der Waals surface area contributed by atoms with Gasteiger partial charge < -0.3 is 20.8 Å². The number of nitro groups is 2. The Bertz CT molecular complexity index is 4170. The average molecular weight is 1100 g/mol. The molecule has 0 radical (unpaired) electrons. The van der Waals surface area contributed by atoms with E-state index in [4.69, 9.17) is 46.4 Å². The zero-order chi connectivity index (χ0) is 53.9. The zero-order valence-corrected chi connectivity index (χ0v) is 42.2. The van der Waals surface area contributed by atoms with Crippen LogP contribution < -0.4 is 19.4 Å². The van der Waals surface area contributed by atoms with Crippen molar-refractivity contribution >= 4 is 102 Å². The Morgan fingerprint density at radius 1 is 0.408 bits per heavy atom. The first-order chi connectivity index (χ1) is 36.5. The highest BCUT2D eigenvalue weighted by Crippen LogP contribution is 2.29. The third-order valence-electron chi connectivity index (χ3n) is 11.2. The lowest BCUT2D eigenvalue weighted by Crippen LogP contribution is -2.37. The van der Waals surface area contributed by atoms with Crippen LogP contribution >= 0.6 is 46.4 Å². The predicted octanol–water partition coefficient (Wildman–Crippen LogP) is 9.68. The molecule has 0 aliphatic heterocycles. The van der Waals surface area contributed by atoms with E-state index in [1.165, 1.54) is 27.8 Å². The normalized spacial score (nSPS) is 10.9. The summed E-state index contributed by atoms with van der Waals surface area (Å²) >= 11 is 23.6. The van der Waals surface area contributed by atoms with Crippen LogP contribution in [0.1, 0.15) is 11.1 Å². The number of non-ortho nitro benzene ring substituents is 1. The van der Waals surface area contributed by atoms with E-state index in [2.05, 4.69) is 20.4 Å². The van der Waals surface area contributed by atoms with Crippen molar-refractivity contribution in [2.24, 2.45) is 0 Å². The fourth-order valence-corrected chi connectivity index (χ4v) is 8.30. The predicted molar refractivity (Wildman–Crippen MR) is 283 cm³/mol. The molecule has 380 valence electrons. The summed E-state index contributed by atoms with van der Waals surface area (Å²) in [5.41, 5.74) is 6.53. The van der Waals surface area contributed by atoms with Gasteiger partial charge in [-0.25, -0.2) is 0 Å². The summed E-state index contributed by atoms with van der Waals surface area (Å²) in [6, 6.07) is 47.7. The second kappa shape index (κ2) is 21.5. The summed E-state index contributed by atoms with van der Waals surface area (Å²) in [6.45, 7) is 3.84. The minimum atomic E-state index is -0.634. The maximum atomic E-state index is 12.3. The lowest BCUT2D eigenvalue weighted by Gasteiger charge is -2.04. The molecule has 0 amide bonds. The van der Waals surface area contributed by atoms with E-state index in [9.17, 15) is 41.1 Å². The molecule has 0 aliphatic carbocycles. The molecule has 4 aromatic heterocycles. The fourth-order valence-electron chi connectivity index (χ4n) is 7.47. The zero-order valence-electron chi connectivity index (χ0n) is 39.2. The Hall–Kier alpha value is -9.48. The van der Waals surface area contributed by atoms with Crippen LogP contribution in [0, 0.1) is 54.9 Å². The van der Waals surface area contributed by atoms with Crippen LogP contribution in [0.5, 0.6) is 0 Å². The van der Waals surface area contributed by atoms with E-state index in [0.29, 0.717) is 70.1 Å². The van der Waals surface area contributed by atoms with Crippen LogP contribution in [-0.2, 0) is 0 Å².